The average Bonchev–Trinajstić information content (AvgIpc) is 3.20. The number of H-pyrrole nitrogens is 1. The molecule has 4 heterocycles. The fraction of sp³-hybridized carbons (Fsp3) is 0.478. The van der Waals surface area contributed by atoms with E-state index in [1.165, 1.54) is 5.69 Å². The smallest absolute Gasteiger partial charge is 0.178 e. The second-order valence-corrected chi connectivity index (χ2v) is 10.3. The molecule has 0 saturated carbocycles. The largest absolute Gasteiger partial charge is 0.378 e. The zero-order chi connectivity index (χ0) is 22.1. The lowest BCUT2D eigenvalue weighted by Crippen LogP contribution is -2.36. The molecule has 2 aliphatic rings. The maximum absolute atomic E-state index is 11.7. The number of aromatic amines is 1. The molecule has 170 valence electrons. The zero-order valence-corrected chi connectivity index (χ0v) is 19.8. The number of nitrogens with zero attached hydrogens (tertiary/aromatic N) is 4. The summed E-state index contributed by atoms with van der Waals surface area (Å²) in [7, 11) is -0.876. The van der Waals surface area contributed by atoms with Gasteiger partial charge in [0.2, 0.25) is 0 Å². The Balaban J connectivity index is 1.32. The number of ether oxygens (including phenoxy) is 1. The van der Waals surface area contributed by atoms with Gasteiger partial charge in [-0.25, -0.2) is 18.5 Å². The quantitative estimate of drug-likeness (QED) is 0.612. The van der Waals surface area contributed by atoms with Crippen molar-refractivity contribution < 1.29 is 8.95 Å². The molecule has 2 fully saturated rings. The third-order valence-electron chi connectivity index (χ3n) is 6.41. The van der Waals surface area contributed by atoms with Crippen molar-refractivity contribution in [1.29, 1.82) is 0 Å². The van der Waals surface area contributed by atoms with Gasteiger partial charge in [-0.2, -0.15) is 0 Å². The summed E-state index contributed by atoms with van der Waals surface area (Å²) in [6, 6.07) is 10.3. The van der Waals surface area contributed by atoms with Crippen molar-refractivity contribution in [2.75, 3.05) is 50.5 Å². The molecule has 0 radical (unpaired) electrons. The van der Waals surface area contributed by atoms with Crippen LogP contribution in [0.15, 0.2) is 30.3 Å². The molecule has 0 aliphatic carbocycles. The normalized spacial score (nSPS) is 19.5. The number of hydrogen-bond acceptors (Lipinski definition) is 5. The van der Waals surface area contributed by atoms with E-state index in [1.54, 1.807) is 6.26 Å². The summed E-state index contributed by atoms with van der Waals surface area (Å²) in [6.45, 7) is 5.12. The SMILES string of the molecule is CS(=O)N1CCC(Cc2nc3nc(-c4ccc(N5CCOCC5)cc4)c(Cl)cc3[nH]2)CC1. The van der Waals surface area contributed by atoms with Crippen LogP contribution in [-0.2, 0) is 22.1 Å². The maximum Gasteiger partial charge on any atom is 0.178 e. The van der Waals surface area contributed by atoms with E-state index >= 15 is 0 Å². The number of piperidine rings is 1. The number of morpholine rings is 1. The monoisotopic (exact) mass is 473 g/mol. The summed E-state index contributed by atoms with van der Waals surface area (Å²) >= 11 is 6.60. The molecule has 32 heavy (non-hydrogen) atoms. The number of nitrogens with one attached hydrogen (secondary N) is 1. The molecule has 1 atom stereocenters. The highest BCUT2D eigenvalue weighted by atomic mass is 35.5. The number of imidazole rings is 1. The van der Waals surface area contributed by atoms with E-state index in [-0.39, 0.29) is 0 Å². The highest BCUT2D eigenvalue weighted by Crippen LogP contribution is 2.31. The molecule has 1 unspecified atom stereocenters. The first-order valence-corrected chi connectivity index (χ1v) is 13.0. The Kier molecular flexibility index (Phi) is 6.46. The number of pyridine rings is 1. The van der Waals surface area contributed by atoms with Gasteiger partial charge >= 0.3 is 0 Å². The molecule has 2 aliphatic heterocycles. The van der Waals surface area contributed by atoms with Crippen LogP contribution >= 0.6 is 11.6 Å². The van der Waals surface area contributed by atoms with Crippen molar-refractivity contribution in [2.45, 2.75) is 19.3 Å². The van der Waals surface area contributed by atoms with Gasteiger partial charge in [0.25, 0.3) is 0 Å². The lowest BCUT2D eigenvalue weighted by Gasteiger charge is -2.29. The molecule has 1 aromatic carbocycles. The van der Waals surface area contributed by atoms with Crippen molar-refractivity contribution in [3.05, 3.63) is 41.2 Å². The van der Waals surface area contributed by atoms with E-state index in [0.29, 0.717) is 16.6 Å². The molecule has 2 saturated heterocycles. The molecular formula is C23H28ClN5O2S. The predicted molar refractivity (Wildman–Crippen MR) is 129 cm³/mol. The van der Waals surface area contributed by atoms with Gasteiger partial charge < -0.3 is 14.6 Å². The number of anilines is 1. The Morgan fingerprint density at radius 3 is 2.53 bits per heavy atom. The van der Waals surface area contributed by atoms with Gasteiger partial charge in [-0.15, -0.1) is 0 Å². The molecular weight excluding hydrogens is 446 g/mol. The van der Waals surface area contributed by atoms with E-state index in [2.05, 4.69) is 34.1 Å². The van der Waals surface area contributed by atoms with E-state index in [9.17, 15) is 4.21 Å². The maximum atomic E-state index is 11.7. The number of aromatic nitrogens is 3. The molecule has 9 heteroatoms. The average molecular weight is 474 g/mol. The van der Waals surface area contributed by atoms with Gasteiger partial charge in [0, 0.05) is 50.1 Å². The summed E-state index contributed by atoms with van der Waals surface area (Å²) in [5.41, 5.74) is 4.49. The van der Waals surface area contributed by atoms with Crippen molar-refractivity contribution in [3.63, 3.8) is 0 Å². The van der Waals surface area contributed by atoms with Crippen LogP contribution in [0.25, 0.3) is 22.4 Å². The standard InChI is InChI=1S/C23H28ClN5O2S/c1-32(30)29-8-6-16(7-9-29)14-21-25-20-15-19(24)22(27-23(20)26-21)17-2-4-18(5-3-17)28-10-12-31-13-11-28/h2-5,15-16H,6-14H2,1H3,(H,25,26,27). The molecule has 0 amide bonds. The van der Waals surface area contributed by atoms with Crippen LogP contribution in [0.3, 0.4) is 0 Å². The first-order valence-electron chi connectivity index (χ1n) is 11.1. The third-order valence-corrected chi connectivity index (χ3v) is 7.79. The number of benzene rings is 1. The molecule has 1 N–H and O–H groups in total. The number of rotatable bonds is 5. The Hall–Kier alpha value is -2.00. The molecule has 3 aromatic rings. The van der Waals surface area contributed by atoms with Crippen molar-refractivity contribution >= 4 is 39.4 Å². The second kappa shape index (κ2) is 9.47. The second-order valence-electron chi connectivity index (χ2n) is 8.52. The molecule has 7 nitrogen and oxygen atoms in total. The topological polar surface area (TPSA) is 74.3 Å². The minimum Gasteiger partial charge on any atom is -0.378 e. The number of halogens is 1. The summed E-state index contributed by atoms with van der Waals surface area (Å²) in [6.07, 6.45) is 4.70. The summed E-state index contributed by atoms with van der Waals surface area (Å²) in [5, 5.41) is 0.616. The van der Waals surface area contributed by atoms with Gasteiger partial charge in [-0.3, -0.25) is 0 Å². The minimum absolute atomic E-state index is 0.540. The van der Waals surface area contributed by atoms with Crippen molar-refractivity contribution in [2.24, 2.45) is 5.92 Å². The fourth-order valence-electron chi connectivity index (χ4n) is 4.56. The lowest BCUT2D eigenvalue weighted by molar-refractivity contribution is 0.122. The van der Waals surface area contributed by atoms with Crippen LogP contribution < -0.4 is 4.90 Å². The highest BCUT2D eigenvalue weighted by molar-refractivity contribution is 7.81. The number of hydrogen-bond donors (Lipinski definition) is 1. The van der Waals surface area contributed by atoms with Crippen LogP contribution in [0.2, 0.25) is 5.02 Å². The zero-order valence-electron chi connectivity index (χ0n) is 18.2. The molecule has 0 spiro atoms. The van der Waals surface area contributed by atoms with Gasteiger partial charge in [0.15, 0.2) is 5.65 Å². The van der Waals surface area contributed by atoms with Crippen LogP contribution in [0.1, 0.15) is 18.7 Å². The molecule has 2 aromatic heterocycles. The number of fused-ring (bicyclic) bond motifs is 1. The highest BCUT2D eigenvalue weighted by Gasteiger charge is 2.22. The van der Waals surface area contributed by atoms with E-state index < -0.39 is 11.0 Å². The Bertz CT molecular complexity index is 1110. The van der Waals surface area contributed by atoms with E-state index in [4.69, 9.17) is 26.3 Å². The molecule has 0 bridgehead atoms. The van der Waals surface area contributed by atoms with Gasteiger partial charge in [-0.05, 0) is 37.0 Å². The first-order chi connectivity index (χ1) is 15.6. The Labute approximate surface area is 195 Å². The molecule has 5 rings (SSSR count). The van der Waals surface area contributed by atoms with Crippen LogP contribution in [-0.4, -0.2) is 69.1 Å². The van der Waals surface area contributed by atoms with Gasteiger partial charge in [-0.1, -0.05) is 23.7 Å². The van der Waals surface area contributed by atoms with Crippen LogP contribution in [0, 0.1) is 5.92 Å². The van der Waals surface area contributed by atoms with E-state index in [0.717, 1.165) is 81.3 Å². The first kappa shape index (κ1) is 21.8. The van der Waals surface area contributed by atoms with Crippen LogP contribution in [0.4, 0.5) is 5.69 Å². The minimum atomic E-state index is -0.876. The third kappa shape index (κ3) is 4.69. The fourth-order valence-corrected chi connectivity index (χ4v) is 5.55. The summed E-state index contributed by atoms with van der Waals surface area (Å²) in [4.78, 5) is 15.3. The Morgan fingerprint density at radius 1 is 1.12 bits per heavy atom. The van der Waals surface area contributed by atoms with Crippen LogP contribution in [0.5, 0.6) is 0 Å². The van der Waals surface area contributed by atoms with E-state index in [1.807, 2.05) is 10.4 Å². The summed E-state index contributed by atoms with van der Waals surface area (Å²) in [5.74, 6) is 1.48. The van der Waals surface area contributed by atoms with Gasteiger partial charge in [0.05, 0.1) is 40.4 Å². The van der Waals surface area contributed by atoms with Crippen molar-refractivity contribution in [3.8, 4) is 11.3 Å². The Morgan fingerprint density at radius 2 is 1.84 bits per heavy atom. The summed E-state index contributed by atoms with van der Waals surface area (Å²) < 4.78 is 19.1. The van der Waals surface area contributed by atoms with Crippen molar-refractivity contribution in [1.82, 2.24) is 19.3 Å². The lowest BCUT2D eigenvalue weighted by atomic mass is 9.94. The predicted octanol–water partition coefficient (Wildman–Crippen LogP) is 3.66. The van der Waals surface area contributed by atoms with Gasteiger partial charge in [0.1, 0.15) is 5.82 Å².